The van der Waals surface area contributed by atoms with Crippen molar-refractivity contribution in [2.75, 3.05) is 13.2 Å². The van der Waals surface area contributed by atoms with E-state index in [0.717, 1.165) is 30.6 Å². The summed E-state index contributed by atoms with van der Waals surface area (Å²) in [6, 6.07) is 0.748. The molecule has 0 radical (unpaired) electrons. The van der Waals surface area contributed by atoms with E-state index in [1.807, 2.05) is 13.8 Å². The summed E-state index contributed by atoms with van der Waals surface area (Å²) >= 11 is 0. The van der Waals surface area contributed by atoms with Crippen LogP contribution in [0.25, 0.3) is 0 Å². The fourth-order valence-electron chi connectivity index (χ4n) is 2.80. The predicted octanol–water partition coefficient (Wildman–Crippen LogP) is 2.01. The van der Waals surface area contributed by atoms with E-state index in [1.54, 1.807) is 6.07 Å². The van der Waals surface area contributed by atoms with Gasteiger partial charge in [0.25, 0.3) is 5.91 Å². The molecule has 1 aromatic rings. The van der Waals surface area contributed by atoms with Gasteiger partial charge in [-0.05, 0) is 30.9 Å². The second-order valence-corrected chi connectivity index (χ2v) is 5.53. The third-order valence-corrected chi connectivity index (χ3v) is 4.04. The Hall–Kier alpha value is -1.82. The Balaban J connectivity index is 2.10. The van der Waals surface area contributed by atoms with Crippen LogP contribution in [0.4, 0.5) is 0 Å². The summed E-state index contributed by atoms with van der Waals surface area (Å²) in [4.78, 5) is 23.7. The smallest absolute Gasteiger partial charge is 0.326 e. The highest BCUT2D eigenvalue weighted by molar-refractivity contribution is 5.94. The van der Waals surface area contributed by atoms with Crippen molar-refractivity contribution in [3.63, 3.8) is 0 Å². The first kappa shape index (κ1) is 16.5. The van der Waals surface area contributed by atoms with E-state index in [0.29, 0.717) is 19.6 Å². The third kappa shape index (κ3) is 3.68. The van der Waals surface area contributed by atoms with Crippen LogP contribution in [0.15, 0.2) is 10.5 Å². The van der Waals surface area contributed by atoms with Gasteiger partial charge in [0.2, 0.25) is 0 Å². The highest BCUT2D eigenvalue weighted by Gasteiger charge is 2.32. The molecule has 0 bridgehead atoms. The van der Waals surface area contributed by atoms with Crippen LogP contribution < -0.4 is 5.32 Å². The van der Waals surface area contributed by atoms with Gasteiger partial charge in [0.1, 0.15) is 11.8 Å². The predicted molar refractivity (Wildman–Crippen MR) is 79.9 cm³/mol. The van der Waals surface area contributed by atoms with Crippen molar-refractivity contribution in [2.24, 2.45) is 5.92 Å². The molecule has 1 aliphatic rings. The molecule has 6 heteroatoms. The molecule has 1 saturated heterocycles. The molecule has 0 saturated carbocycles. The lowest BCUT2D eigenvalue weighted by Gasteiger charge is -2.27. The minimum Gasteiger partial charge on any atom is -0.480 e. The molecule has 0 spiro atoms. The fraction of sp³-hybridized carbons (Fsp3) is 0.625. The van der Waals surface area contributed by atoms with Gasteiger partial charge in [-0.1, -0.05) is 13.8 Å². The van der Waals surface area contributed by atoms with Gasteiger partial charge in [-0.3, -0.25) is 4.79 Å². The lowest BCUT2D eigenvalue weighted by Crippen LogP contribution is -2.48. The Morgan fingerprint density at radius 3 is 2.68 bits per heavy atom. The summed E-state index contributed by atoms with van der Waals surface area (Å²) in [5.41, 5.74) is 0.987. The van der Waals surface area contributed by atoms with E-state index in [-0.39, 0.29) is 11.7 Å². The van der Waals surface area contributed by atoms with Crippen LogP contribution in [0, 0.1) is 5.92 Å². The SMILES string of the molecule is CCc1cc(C(=O)NC(C(=O)O)C2CCCOC2)oc1CC. The summed E-state index contributed by atoms with van der Waals surface area (Å²) < 4.78 is 10.9. The van der Waals surface area contributed by atoms with Gasteiger partial charge in [-0.25, -0.2) is 4.79 Å². The third-order valence-electron chi connectivity index (χ3n) is 4.04. The number of carbonyl (C=O) groups is 2. The number of aryl methyl sites for hydroxylation is 2. The monoisotopic (exact) mass is 309 g/mol. The molecular weight excluding hydrogens is 286 g/mol. The van der Waals surface area contributed by atoms with E-state index in [9.17, 15) is 14.7 Å². The molecule has 122 valence electrons. The van der Waals surface area contributed by atoms with Crippen molar-refractivity contribution in [2.45, 2.75) is 45.6 Å². The topological polar surface area (TPSA) is 88.8 Å². The van der Waals surface area contributed by atoms with Gasteiger partial charge in [-0.2, -0.15) is 0 Å². The number of carboxylic acid groups (broad SMARTS) is 1. The first-order valence-electron chi connectivity index (χ1n) is 7.79. The molecule has 1 amide bonds. The highest BCUT2D eigenvalue weighted by Crippen LogP contribution is 2.20. The number of ether oxygens (including phenoxy) is 1. The van der Waals surface area contributed by atoms with E-state index >= 15 is 0 Å². The molecule has 2 unspecified atom stereocenters. The number of rotatable bonds is 6. The average molecular weight is 309 g/mol. The summed E-state index contributed by atoms with van der Waals surface area (Å²) in [5.74, 6) is -0.770. The minimum atomic E-state index is -1.04. The van der Waals surface area contributed by atoms with Crippen LogP contribution in [0.1, 0.15) is 48.6 Å². The first-order valence-corrected chi connectivity index (χ1v) is 7.79. The van der Waals surface area contributed by atoms with Gasteiger partial charge >= 0.3 is 5.97 Å². The fourth-order valence-corrected chi connectivity index (χ4v) is 2.80. The number of furan rings is 1. The summed E-state index contributed by atoms with van der Waals surface area (Å²) in [7, 11) is 0. The van der Waals surface area contributed by atoms with Crippen molar-refractivity contribution in [1.82, 2.24) is 5.32 Å². The molecule has 6 nitrogen and oxygen atoms in total. The van der Waals surface area contributed by atoms with E-state index in [2.05, 4.69) is 5.32 Å². The Morgan fingerprint density at radius 2 is 2.18 bits per heavy atom. The zero-order chi connectivity index (χ0) is 16.1. The van der Waals surface area contributed by atoms with E-state index in [1.165, 1.54) is 0 Å². The second-order valence-electron chi connectivity index (χ2n) is 5.53. The number of nitrogens with one attached hydrogen (secondary N) is 1. The van der Waals surface area contributed by atoms with Crippen LogP contribution in [0.2, 0.25) is 0 Å². The Bertz CT molecular complexity index is 509. The van der Waals surface area contributed by atoms with E-state index < -0.39 is 17.9 Å². The Kier molecular flexibility index (Phi) is 5.60. The summed E-state index contributed by atoms with van der Waals surface area (Å²) in [5, 5.41) is 12.0. The standard InChI is InChI=1S/C16H23NO5/c1-3-10-8-13(22-12(10)4-2)15(18)17-14(16(19)20)11-6-5-7-21-9-11/h8,11,14H,3-7,9H2,1-2H3,(H,17,18)(H,19,20). The number of amides is 1. The van der Waals surface area contributed by atoms with Crippen molar-refractivity contribution < 1.29 is 23.8 Å². The average Bonchev–Trinajstić information content (AvgIpc) is 2.96. The van der Waals surface area contributed by atoms with Crippen molar-refractivity contribution in [1.29, 1.82) is 0 Å². The number of aliphatic carboxylic acids is 1. The van der Waals surface area contributed by atoms with Gasteiger partial charge in [0.15, 0.2) is 5.76 Å². The number of hydrogen-bond acceptors (Lipinski definition) is 4. The molecule has 22 heavy (non-hydrogen) atoms. The van der Waals surface area contributed by atoms with Gasteiger partial charge < -0.3 is 19.6 Å². The zero-order valence-electron chi connectivity index (χ0n) is 13.1. The van der Waals surface area contributed by atoms with Crippen molar-refractivity contribution >= 4 is 11.9 Å². The number of carbonyl (C=O) groups excluding carboxylic acids is 1. The molecule has 0 aliphatic carbocycles. The zero-order valence-corrected chi connectivity index (χ0v) is 13.1. The summed E-state index contributed by atoms with van der Waals surface area (Å²) in [6.07, 6.45) is 3.02. The molecule has 1 aliphatic heterocycles. The van der Waals surface area contributed by atoms with Crippen molar-refractivity contribution in [3.05, 3.63) is 23.2 Å². The van der Waals surface area contributed by atoms with Crippen molar-refractivity contribution in [3.8, 4) is 0 Å². The van der Waals surface area contributed by atoms with Gasteiger partial charge in [0, 0.05) is 18.9 Å². The van der Waals surface area contributed by atoms with Gasteiger partial charge in [0.05, 0.1) is 6.61 Å². The highest BCUT2D eigenvalue weighted by atomic mass is 16.5. The first-order chi connectivity index (χ1) is 10.6. The quantitative estimate of drug-likeness (QED) is 0.839. The molecule has 0 aromatic carbocycles. The molecule has 1 fully saturated rings. The summed E-state index contributed by atoms with van der Waals surface area (Å²) in [6.45, 7) is 4.95. The van der Waals surface area contributed by atoms with Crippen LogP contribution in [0.3, 0.4) is 0 Å². The van der Waals surface area contributed by atoms with E-state index in [4.69, 9.17) is 9.15 Å². The van der Waals surface area contributed by atoms with Crippen LogP contribution in [0.5, 0.6) is 0 Å². The molecule has 2 heterocycles. The maximum atomic E-state index is 12.3. The lowest BCUT2D eigenvalue weighted by molar-refractivity contribution is -0.142. The maximum Gasteiger partial charge on any atom is 0.326 e. The largest absolute Gasteiger partial charge is 0.480 e. The molecule has 2 rings (SSSR count). The normalized spacial score (nSPS) is 19.6. The lowest BCUT2D eigenvalue weighted by atomic mass is 9.93. The Labute approximate surface area is 129 Å². The molecule has 2 N–H and O–H groups in total. The molecular formula is C16H23NO5. The maximum absolute atomic E-state index is 12.3. The number of hydrogen-bond donors (Lipinski definition) is 2. The number of carboxylic acids is 1. The van der Waals surface area contributed by atoms with Crippen LogP contribution in [-0.2, 0) is 22.4 Å². The molecule has 2 atom stereocenters. The minimum absolute atomic E-state index is 0.177. The Morgan fingerprint density at radius 1 is 1.41 bits per heavy atom. The molecule has 1 aromatic heterocycles. The van der Waals surface area contributed by atoms with Crippen LogP contribution >= 0.6 is 0 Å². The van der Waals surface area contributed by atoms with Gasteiger partial charge in [-0.15, -0.1) is 0 Å². The van der Waals surface area contributed by atoms with Crippen LogP contribution in [-0.4, -0.2) is 36.2 Å². The second kappa shape index (κ2) is 7.45.